The van der Waals surface area contributed by atoms with Crippen molar-refractivity contribution in [1.82, 2.24) is 10.2 Å². The summed E-state index contributed by atoms with van der Waals surface area (Å²) in [5, 5.41) is 37.5. The zero-order valence-corrected chi connectivity index (χ0v) is 29.2. The van der Waals surface area contributed by atoms with Gasteiger partial charge in [0.15, 0.2) is 12.1 Å². The van der Waals surface area contributed by atoms with E-state index < -0.39 is 78.1 Å². The van der Waals surface area contributed by atoms with Crippen LogP contribution in [0, 0.1) is 17.8 Å². The Hall–Kier alpha value is -1.61. The van der Waals surface area contributed by atoms with E-state index in [1.807, 2.05) is 39.8 Å². The molecule has 4 heterocycles. The number of rotatable bonds is 5. The lowest BCUT2D eigenvalue weighted by atomic mass is 9.78. The molecule has 3 fully saturated rings. The molecule has 3 saturated heterocycles. The first-order chi connectivity index (χ1) is 21.5. The molecule has 0 spiro atoms. The predicted octanol–water partition coefficient (Wildman–Crippen LogP) is 2.99. The number of nitrogens with one attached hydrogen (secondary N) is 1. The number of cyclic esters (lactones) is 1. The molecule has 3 aliphatic rings. The molecule has 3 unspecified atom stereocenters. The van der Waals surface area contributed by atoms with E-state index in [-0.39, 0.29) is 24.5 Å². The van der Waals surface area contributed by atoms with Crippen LogP contribution in [0.2, 0.25) is 0 Å². The molecule has 3 aliphatic heterocycles. The number of fused-ring (bicyclic) bond motifs is 3. The summed E-state index contributed by atoms with van der Waals surface area (Å²) in [5.41, 5.74) is -2.74. The maximum atomic E-state index is 13.9. The highest BCUT2D eigenvalue weighted by molar-refractivity contribution is 5.73. The van der Waals surface area contributed by atoms with E-state index in [2.05, 4.69) is 12.2 Å². The second-order valence-electron chi connectivity index (χ2n) is 14.7. The molecule has 15 atom stereocenters. The third kappa shape index (κ3) is 7.82. The summed E-state index contributed by atoms with van der Waals surface area (Å²) in [6.45, 7) is 15.3. The summed E-state index contributed by atoms with van der Waals surface area (Å²) >= 11 is 0. The Labute approximate surface area is 274 Å². The lowest BCUT2D eigenvalue weighted by molar-refractivity contribution is -0.303. The average molecular weight is 655 g/mol. The number of hydrogen-bond acceptors (Lipinski definition) is 12. The summed E-state index contributed by atoms with van der Waals surface area (Å²) in [5.74, 6) is -1.46. The maximum absolute atomic E-state index is 13.9. The summed E-state index contributed by atoms with van der Waals surface area (Å²) in [7, 11) is 3.85. The van der Waals surface area contributed by atoms with E-state index in [0.717, 1.165) is 0 Å². The van der Waals surface area contributed by atoms with Gasteiger partial charge in [-0.1, -0.05) is 20.8 Å². The fourth-order valence-corrected chi connectivity index (χ4v) is 7.65. The summed E-state index contributed by atoms with van der Waals surface area (Å²) < 4.78 is 38.3. The quantitative estimate of drug-likeness (QED) is 0.346. The highest BCUT2D eigenvalue weighted by atomic mass is 16.7. The van der Waals surface area contributed by atoms with Crippen molar-refractivity contribution in [2.75, 3.05) is 20.6 Å². The van der Waals surface area contributed by atoms with Gasteiger partial charge in [0.1, 0.15) is 23.9 Å². The molecule has 1 aromatic rings. The number of ether oxygens (including phenoxy) is 5. The van der Waals surface area contributed by atoms with Crippen LogP contribution in [0.3, 0.4) is 0 Å². The number of carbonyl (C=O) groups is 1. The average Bonchev–Trinajstić information content (AvgIpc) is 3.51. The van der Waals surface area contributed by atoms with Crippen molar-refractivity contribution in [2.45, 2.75) is 147 Å². The van der Waals surface area contributed by atoms with Crippen LogP contribution in [0.25, 0.3) is 0 Å². The molecule has 0 radical (unpaired) electrons. The maximum Gasteiger partial charge on any atom is 0.311 e. The number of aliphatic hydroxyl groups excluding tert-OH is 2. The lowest BCUT2D eigenvalue weighted by Gasteiger charge is -2.46. The highest BCUT2D eigenvalue weighted by Crippen LogP contribution is 2.45. The third-order valence-electron chi connectivity index (χ3n) is 10.3. The van der Waals surface area contributed by atoms with E-state index >= 15 is 0 Å². The van der Waals surface area contributed by atoms with Crippen LogP contribution in [0.4, 0.5) is 0 Å². The van der Waals surface area contributed by atoms with E-state index in [0.29, 0.717) is 25.1 Å². The van der Waals surface area contributed by atoms with Crippen LogP contribution in [0.15, 0.2) is 22.8 Å². The standard InChI is InChI=1S/C34H58N2O10/c1-11-25-34(8,40)28(38)22(6)35-17-18(2)16-33(7)29(45-32-26(37)23(36(9)10)15-19(3)42-32)20(4)27(21(5)30(39)43-25)44-31(46-33)24-13-12-14-41-24/h12-14,18-23,25-29,31-32,35,37-38,40H,11,15-17H2,1-10H3/t18-,19-,20+,21-,22-,23+,25-,26-,27+,28-,29-,31?,32?,33?,34-/m1/s1. The van der Waals surface area contributed by atoms with Gasteiger partial charge in [-0.3, -0.25) is 4.79 Å². The highest BCUT2D eigenvalue weighted by Gasteiger charge is 2.54. The molecule has 0 aromatic carbocycles. The van der Waals surface area contributed by atoms with Crippen LogP contribution in [0.5, 0.6) is 0 Å². The number of aliphatic hydroxyl groups is 3. The first kappa shape index (κ1) is 37.2. The van der Waals surface area contributed by atoms with Crippen molar-refractivity contribution in [3.8, 4) is 0 Å². The molecule has 264 valence electrons. The Balaban J connectivity index is 1.81. The Morgan fingerprint density at radius 3 is 2.41 bits per heavy atom. The van der Waals surface area contributed by atoms with Crippen molar-refractivity contribution in [2.24, 2.45) is 17.8 Å². The summed E-state index contributed by atoms with van der Waals surface area (Å²) in [4.78, 5) is 15.9. The van der Waals surface area contributed by atoms with Crippen LogP contribution in [0.1, 0.15) is 86.7 Å². The minimum atomic E-state index is -1.72. The molecule has 0 amide bonds. The summed E-state index contributed by atoms with van der Waals surface area (Å²) in [6, 6.07) is 2.82. The van der Waals surface area contributed by atoms with Gasteiger partial charge in [-0.15, -0.1) is 0 Å². The SMILES string of the molecule is CC[C@H]1OC(=O)[C@H](C)[C@H]2OC(c3ccco3)OC(C)(C[C@@H](C)CN[C@H](C)[C@@H](O)[C@]1(C)O)[C@H](OC1O[C@H](C)C[C@H](N(C)C)[C@H]1O)[C@H]2C. The van der Waals surface area contributed by atoms with Gasteiger partial charge in [-0.05, 0) is 92.6 Å². The van der Waals surface area contributed by atoms with Gasteiger partial charge in [0, 0.05) is 18.0 Å². The molecule has 0 aliphatic carbocycles. The Morgan fingerprint density at radius 1 is 1.11 bits per heavy atom. The smallest absolute Gasteiger partial charge is 0.311 e. The minimum Gasteiger partial charge on any atom is -0.464 e. The molecule has 4 rings (SSSR count). The first-order valence-electron chi connectivity index (χ1n) is 16.9. The largest absolute Gasteiger partial charge is 0.464 e. The Morgan fingerprint density at radius 2 is 1.80 bits per heavy atom. The van der Waals surface area contributed by atoms with E-state index in [1.165, 1.54) is 6.92 Å². The van der Waals surface area contributed by atoms with Gasteiger partial charge in [0.25, 0.3) is 0 Å². The minimum absolute atomic E-state index is 0.00949. The molecule has 0 saturated carbocycles. The van der Waals surface area contributed by atoms with Gasteiger partial charge < -0.3 is 53.6 Å². The van der Waals surface area contributed by atoms with Crippen molar-refractivity contribution in [3.05, 3.63) is 24.2 Å². The number of furan rings is 1. The molecule has 46 heavy (non-hydrogen) atoms. The van der Waals surface area contributed by atoms with Gasteiger partial charge in [0.05, 0.1) is 36.1 Å². The monoisotopic (exact) mass is 654 g/mol. The van der Waals surface area contributed by atoms with Gasteiger partial charge in [0.2, 0.25) is 6.29 Å². The molecule has 12 nitrogen and oxygen atoms in total. The third-order valence-corrected chi connectivity index (χ3v) is 10.3. The number of hydrogen-bond donors (Lipinski definition) is 4. The number of likely N-dealkylation sites (N-methyl/N-ethyl adjacent to an activating group) is 1. The molecular weight excluding hydrogens is 596 g/mol. The second kappa shape index (κ2) is 14.9. The normalized spacial score (nSPS) is 46.7. The zero-order chi connectivity index (χ0) is 34.1. The van der Waals surface area contributed by atoms with E-state index in [9.17, 15) is 20.1 Å². The molecule has 1 aromatic heterocycles. The van der Waals surface area contributed by atoms with E-state index in [4.69, 9.17) is 28.1 Å². The van der Waals surface area contributed by atoms with Crippen molar-refractivity contribution in [3.63, 3.8) is 0 Å². The molecule has 2 bridgehead atoms. The first-order valence-corrected chi connectivity index (χ1v) is 16.9. The number of carbonyl (C=O) groups excluding carboxylic acids is 1. The van der Waals surface area contributed by atoms with Crippen molar-refractivity contribution >= 4 is 5.97 Å². The Kier molecular flexibility index (Phi) is 12.0. The fraction of sp³-hybridized carbons (Fsp3) is 0.853. The number of nitrogens with zero attached hydrogens (tertiary/aromatic N) is 1. The van der Waals surface area contributed by atoms with Crippen molar-refractivity contribution < 1.29 is 48.2 Å². The van der Waals surface area contributed by atoms with Crippen LogP contribution in [-0.4, -0.2) is 113 Å². The van der Waals surface area contributed by atoms with Gasteiger partial charge >= 0.3 is 5.97 Å². The lowest BCUT2D eigenvalue weighted by Crippen LogP contribution is -2.59. The van der Waals surface area contributed by atoms with Gasteiger partial charge in [-0.2, -0.15) is 0 Å². The van der Waals surface area contributed by atoms with Crippen LogP contribution in [-0.2, 0) is 28.5 Å². The fourth-order valence-electron chi connectivity index (χ4n) is 7.65. The molecule has 12 heteroatoms. The zero-order valence-electron chi connectivity index (χ0n) is 29.2. The second-order valence-corrected chi connectivity index (χ2v) is 14.7. The molecule has 4 N–H and O–H groups in total. The van der Waals surface area contributed by atoms with Crippen LogP contribution < -0.4 is 5.32 Å². The predicted molar refractivity (Wildman–Crippen MR) is 169 cm³/mol. The Bertz CT molecular complexity index is 1120. The van der Waals surface area contributed by atoms with Crippen molar-refractivity contribution in [1.29, 1.82) is 0 Å². The van der Waals surface area contributed by atoms with Gasteiger partial charge in [-0.25, -0.2) is 0 Å². The number of esters is 1. The molecular formula is C34H58N2O10. The summed E-state index contributed by atoms with van der Waals surface area (Å²) in [6.07, 6.45) is -3.76. The topological polar surface area (TPSA) is 152 Å². The van der Waals surface area contributed by atoms with Crippen LogP contribution >= 0.6 is 0 Å². The van der Waals surface area contributed by atoms with E-state index in [1.54, 1.807) is 39.2 Å².